The molecule has 0 aromatic heterocycles. The molecular formula is C42H68N2O14. The summed E-state index contributed by atoms with van der Waals surface area (Å²) in [5, 5.41) is 0. The molecule has 0 saturated carbocycles. The first-order valence-corrected chi connectivity index (χ1v) is 20.8. The van der Waals surface area contributed by atoms with Gasteiger partial charge in [0.2, 0.25) is 11.8 Å². The fraction of sp³-hybridized carbons (Fsp3) is 0.762. The summed E-state index contributed by atoms with van der Waals surface area (Å²) in [6, 6.07) is 0. The molecule has 0 N–H and O–H groups in total. The molecule has 0 heterocycles. The number of Topliss-reactive ketones (excluding diaryl/α,β-unsaturated/α-hetero) is 4. The molecule has 58 heavy (non-hydrogen) atoms. The Balaban J connectivity index is 4.20. The van der Waals surface area contributed by atoms with Gasteiger partial charge in [-0.3, -0.25) is 47.9 Å². The summed E-state index contributed by atoms with van der Waals surface area (Å²) in [5.41, 5.74) is 0. The maximum atomic E-state index is 12.9. The molecule has 0 atom stereocenters. The number of esters is 4. The molecule has 0 saturated heterocycles. The minimum absolute atomic E-state index is 0.0780. The summed E-state index contributed by atoms with van der Waals surface area (Å²) in [6.07, 6.45) is 13.6. The first-order valence-electron chi connectivity index (χ1n) is 20.8. The van der Waals surface area contributed by atoms with E-state index in [-0.39, 0.29) is 113 Å². The minimum atomic E-state index is -0.662. The van der Waals surface area contributed by atoms with Crippen LogP contribution in [0.15, 0.2) is 0 Å². The largest absolute Gasteiger partial charge is 0.463 e. The van der Waals surface area contributed by atoms with Gasteiger partial charge < -0.3 is 28.7 Å². The van der Waals surface area contributed by atoms with E-state index >= 15 is 0 Å². The molecule has 0 aromatic rings. The molecular weight excluding hydrogens is 756 g/mol. The lowest BCUT2D eigenvalue weighted by Gasteiger charge is -2.22. The van der Waals surface area contributed by atoms with Crippen molar-refractivity contribution in [2.75, 3.05) is 52.6 Å². The van der Waals surface area contributed by atoms with Crippen LogP contribution in [-0.4, -0.2) is 121 Å². The summed E-state index contributed by atoms with van der Waals surface area (Å²) in [4.78, 5) is 120. The second-order valence-corrected chi connectivity index (χ2v) is 14.6. The van der Waals surface area contributed by atoms with Gasteiger partial charge in [0.15, 0.2) is 0 Å². The van der Waals surface area contributed by atoms with Crippen LogP contribution in [0.25, 0.3) is 0 Å². The number of hydrogen-bond acceptors (Lipinski definition) is 14. The van der Waals surface area contributed by atoms with Crippen molar-refractivity contribution in [1.29, 1.82) is 0 Å². The van der Waals surface area contributed by atoms with Crippen LogP contribution >= 0.6 is 0 Å². The van der Waals surface area contributed by atoms with Crippen molar-refractivity contribution in [1.82, 2.24) is 9.80 Å². The number of unbranched alkanes of at least 4 members (excludes halogenated alkanes) is 13. The number of carbonyl (C=O) groups is 10. The van der Waals surface area contributed by atoms with Gasteiger partial charge in [0.1, 0.15) is 75.2 Å². The highest BCUT2D eigenvalue weighted by Crippen LogP contribution is 2.15. The third-order valence-electron chi connectivity index (χ3n) is 8.81. The Bertz CT molecular complexity index is 1150. The Morgan fingerprint density at radius 3 is 0.690 bits per heavy atom. The SMILES string of the molecule is CC(=O)CC(=O)OCCN(CCOC(=O)CC(C)=O)C(=O)CCCCCCCCCCCCCCCCC(=O)N(CCOC(=O)CC(C)=O)CCOC(=O)CC(C)=O. The molecule has 16 heteroatoms. The molecule has 0 radical (unpaired) electrons. The van der Waals surface area contributed by atoms with E-state index in [1.54, 1.807) is 0 Å². The zero-order valence-electron chi connectivity index (χ0n) is 35.4. The monoisotopic (exact) mass is 824 g/mol. The van der Waals surface area contributed by atoms with Crippen LogP contribution in [-0.2, 0) is 66.9 Å². The summed E-state index contributed by atoms with van der Waals surface area (Å²) >= 11 is 0. The zero-order chi connectivity index (χ0) is 43.6. The minimum Gasteiger partial charge on any atom is -0.463 e. The van der Waals surface area contributed by atoms with Crippen molar-refractivity contribution in [3.8, 4) is 0 Å². The Morgan fingerprint density at radius 1 is 0.310 bits per heavy atom. The van der Waals surface area contributed by atoms with Gasteiger partial charge in [0.25, 0.3) is 0 Å². The third-order valence-corrected chi connectivity index (χ3v) is 8.81. The number of nitrogens with zero attached hydrogens (tertiary/aromatic N) is 2. The van der Waals surface area contributed by atoms with Gasteiger partial charge in [-0.2, -0.15) is 0 Å². The highest BCUT2D eigenvalue weighted by Gasteiger charge is 2.18. The average Bonchev–Trinajstić information content (AvgIpc) is 3.11. The number of ether oxygens (including phenoxy) is 4. The van der Waals surface area contributed by atoms with Gasteiger partial charge in [-0.15, -0.1) is 0 Å². The number of ketones is 4. The first kappa shape index (κ1) is 53.5. The lowest BCUT2D eigenvalue weighted by atomic mass is 10.0. The second-order valence-electron chi connectivity index (χ2n) is 14.6. The highest BCUT2D eigenvalue weighted by atomic mass is 16.5. The van der Waals surface area contributed by atoms with Crippen LogP contribution in [0.3, 0.4) is 0 Å². The summed E-state index contributed by atoms with van der Waals surface area (Å²) in [7, 11) is 0. The molecule has 0 aromatic carbocycles. The standard InChI is InChI=1S/C42H68N2O14/c1-33(45)29-39(51)55-25-21-43(22-26-56-40(52)30-34(2)46)37(49)19-17-15-13-11-9-7-5-6-8-10-12-14-16-18-20-38(50)44(23-27-57-41(53)31-35(3)47)24-28-58-42(54)32-36(4)48/h5-32H2,1-4H3. The van der Waals surface area contributed by atoms with Gasteiger partial charge in [-0.1, -0.05) is 77.0 Å². The van der Waals surface area contributed by atoms with Crippen molar-refractivity contribution in [3.05, 3.63) is 0 Å². The molecule has 0 spiro atoms. The van der Waals surface area contributed by atoms with Gasteiger partial charge in [-0.25, -0.2) is 0 Å². The molecule has 330 valence electrons. The molecule has 0 aliphatic heterocycles. The molecule has 0 rings (SSSR count). The average molecular weight is 825 g/mol. The van der Waals surface area contributed by atoms with Gasteiger partial charge in [-0.05, 0) is 40.5 Å². The normalized spacial score (nSPS) is 10.6. The molecule has 0 bridgehead atoms. The Labute approximate surface area is 343 Å². The van der Waals surface area contributed by atoms with Gasteiger partial charge in [0.05, 0.1) is 26.2 Å². The fourth-order valence-electron chi connectivity index (χ4n) is 5.81. The van der Waals surface area contributed by atoms with E-state index in [2.05, 4.69) is 0 Å². The van der Waals surface area contributed by atoms with Crippen LogP contribution in [0.4, 0.5) is 0 Å². The van der Waals surface area contributed by atoms with Crippen LogP contribution in [0.2, 0.25) is 0 Å². The fourth-order valence-corrected chi connectivity index (χ4v) is 5.81. The van der Waals surface area contributed by atoms with E-state index in [4.69, 9.17) is 18.9 Å². The number of rotatable bonds is 37. The van der Waals surface area contributed by atoms with Crippen molar-refractivity contribution in [3.63, 3.8) is 0 Å². The van der Waals surface area contributed by atoms with Crippen molar-refractivity contribution in [2.24, 2.45) is 0 Å². The first-order chi connectivity index (χ1) is 27.6. The van der Waals surface area contributed by atoms with E-state index < -0.39 is 23.9 Å². The van der Waals surface area contributed by atoms with Crippen LogP contribution < -0.4 is 0 Å². The van der Waals surface area contributed by atoms with Crippen molar-refractivity contribution < 1.29 is 66.9 Å². The second kappa shape index (κ2) is 34.5. The molecule has 0 aliphatic carbocycles. The highest BCUT2D eigenvalue weighted by molar-refractivity contribution is 5.95. The quantitative estimate of drug-likeness (QED) is 0.0350. The van der Waals surface area contributed by atoms with E-state index in [1.165, 1.54) is 50.3 Å². The van der Waals surface area contributed by atoms with E-state index in [9.17, 15) is 47.9 Å². The summed E-state index contributed by atoms with van der Waals surface area (Å²) in [6.45, 7) is 5.26. The van der Waals surface area contributed by atoms with E-state index in [0.29, 0.717) is 25.7 Å². The topological polar surface area (TPSA) is 214 Å². The summed E-state index contributed by atoms with van der Waals surface area (Å²) < 4.78 is 20.2. The lowest BCUT2D eigenvalue weighted by molar-refractivity contribution is -0.150. The molecule has 16 nitrogen and oxygen atoms in total. The maximum Gasteiger partial charge on any atom is 0.313 e. The molecule has 0 unspecified atom stereocenters. The Kier molecular flexibility index (Phi) is 31.9. The predicted molar refractivity (Wildman–Crippen MR) is 212 cm³/mol. The summed E-state index contributed by atoms with van der Waals surface area (Å²) in [5.74, 6) is -4.21. The lowest BCUT2D eigenvalue weighted by Crippen LogP contribution is -2.37. The van der Waals surface area contributed by atoms with E-state index in [0.717, 1.165) is 64.2 Å². The Morgan fingerprint density at radius 2 is 0.500 bits per heavy atom. The van der Waals surface area contributed by atoms with Crippen molar-refractivity contribution >= 4 is 58.8 Å². The third kappa shape index (κ3) is 33.6. The van der Waals surface area contributed by atoms with E-state index in [1.807, 2.05) is 0 Å². The predicted octanol–water partition coefficient (Wildman–Crippen LogP) is 4.97. The molecule has 0 fully saturated rings. The number of amides is 2. The van der Waals surface area contributed by atoms with Gasteiger partial charge in [0, 0.05) is 12.8 Å². The van der Waals surface area contributed by atoms with Crippen molar-refractivity contribution in [2.45, 2.75) is 156 Å². The van der Waals surface area contributed by atoms with Crippen LogP contribution in [0.5, 0.6) is 0 Å². The Hall–Kier alpha value is -4.50. The van der Waals surface area contributed by atoms with Crippen LogP contribution in [0, 0.1) is 0 Å². The van der Waals surface area contributed by atoms with Crippen LogP contribution in [0.1, 0.15) is 156 Å². The van der Waals surface area contributed by atoms with Gasteiger partial charge >= 0.3 is 23.9 Å². The number of hydrogen-bond donors (Lipinski definition) is 0. The zero-order valence-corrected chi connectivity index (χ0v) is 35.4. The smallest absolute Gasteiger partial charge is 0.313 e. The number of carbonyl (C=O) groups excluding carboxylic acids is 10. The molecule has 2 amide bonds. The maximum absolute atomic E-state index is 12.9. The molecule has 0 aliphatic rings.